The molecule has 0 radical (unpaired) electrons. The summed E-state index contributed by atoms with van der Waals surface area (Å²) < 4.78 is 158. The van der Waals surface area contributed by atoms with Crippen LogP contribution in [0.2, 0.25) is 19.6 Å². The molecule has 12 rings (SSSR count). The number of anilines is 4. The van der Waals surface area contributed by atoms with E-state index in [4.69, 9.17) is 20.1 Å². The van der Waals surface area contributed by atoms with Crippen molar-refractivity contribution in [3.05, 3.63) is 265 Å². The van der Waals surface area contributed by atoms with Crippen LogP contribution in [0, 0.1) is 18.8 Å². The van der Waals surface area contributed by atoms with Gasteiger partial charge in [-0.25, -0.2) is 4.98 Å². The monoisotopic (exact) mass is 1180 g/mol. The molecule has 0 saturated heterocycles. The molecule has 0 bridgehead atoms. The van der Waals surface area contributed by atoms with E-state index in [-0.39, 0.29) is 32.2 Å². The molecule has 6 heteroatoms. The number of rotatable bonds is 11. The molecule has 3 heterocycles. The third-order valence-electron chi connectivity index (χ3n) is 14.2. The summed E-state index contributed by atoms with van der Waals surface area (Å²) in [7, 11) is -2.30. The van der Waals surface area contributed by atoms with E-state index in [1.54, 1.807) is 30.9 Å². The summed E-state index contributed by atoms with van der Waals surface area (Å²) in [5.41, 5.74) is 1.74. The number of pyridine rings is 1. The van der Waals surface area contributed by atoms with Gasteiger partial charge in [0, 0.05) is 66.4 Å². The Morgan fingerprint density at radius 1 is 0.533 bits per heavy atom. The van der Waals surface area contributed by atoms with Crippen LogP contribution in [0.1, 0.15) is 73.3 Å². The number of fused-ring (bicyclic) bond motifs is 4. The number of hydrogen-bond acceptors (Lipinski definition) is 3. The molecule has 75 heavy (non-hydrogen) atoms. The quantitative estimate of drug-likeness (QED) is 0.0953. The minimum Gasteiger partial charge on any atom is -0.493 e. The van der Waals surface area contributed by atoms with Crippen molar-refractivity contribution >= 4 is 57.8 Å². The Hall–Kier alpha value is -7.56. The van der Waals surface area contributed by atoms with E-state index in [0.717, 1.165) is 55.1 Å². The van der Waals surface area contributed by atoms with Gasteiger partial charge in [0.15, 0.2) is 0 Å². The third-order valence-corrected chi connectivity index (χ3v) is 16.2. The van der Waals surface area contributed by atoms with Crippen LogP contribution in [-0.4, -0.2) is 17.6 Å². The van der Waals surface area contributed by atoms with Crippen molar-refractivity contribution in [2.45, 2.75) is 58.2 Å². The second-order valence-corrected chi connectivity index (χ2v) is 25.6. The first kappa shape index (κ1) is 33.4. The van der Waals surface area contributed by atoms with Crippen molar-refractivity contribution in [2.75, 3.05) is 9.80 Å². The smallest absolute Gasteiger partial charge is 0.135 e. The zero-order valence-electron chi connectivity index (χ0n) is 59.2. The van der Waals surface area contributed by atoms with Crippen LogP contribution in [0.25, 0.3) is 61.0 Å². The summed E-state index contributed by atoms with van der Waals surface area (Å²) in [5, 5.41) is 3.03. The zero-order valence-corrected chi connectivity index (χ0v) is 45.5. The molecular formula is C69H59N4PtSi-3. The first-order valence-electron chi connectivity index (χ1n) is 32.9. The standard InChI is InChI=1S/C69H59N4Si.Pt/c1-68(2,52-30-18-11-19-31-52)54-38-39-70-66(45-54)73-62-33-21-20-32-58(62)59-37-36-53(44-65(59)73)69(3,4)55-42-56(46-57(43-55)74(5,6)7)71-47-72(64-35-23-22-34-63(64)71)67-60(49-26-14-9-15-27-49)40-51(48-24-12-8-13-25-48)41-61(67)50-28-16-10-17-29-50;/h8-41,43,45-47H,1-7H3;/q-3;/i8D,9D,10D,12D,13D,14D,15D,16D,17D,24D,25D,26D,27D,28D,29D,40D,41D;. The summed E-state index contributed by atoms with van der Waals surface area (Å²) in [6.07, 6.45) is 1.85. The van der Waals surface area contributed by atoms with E-state index in [1.165, 1.54) is 4.90 Å². The van der Waals surface area contributed by atoms with Gasteiger partial charge < -0.3 is 14.4 Å². The van der Waals surface area contributed by atoms with Crippen molar-refractivity contribution in [1.29, 1.82) is 0 Å². The number of para-hydroxylation sites is 3. The fourth-order valence-electron chi connectivity index (χ4n) is 9.90. The van der Waals surface area contributed by atoms with Crippen molar-refractivity contribution in [2.24, 2.45) is 0 Å². The molecule has 0 spiro atoms. The normalized spacial score (nSPS) is 16.0. The molecule has 0 aliphatic carbocycles. The maximum atomic E-state index is 10.3. The number of hydrogen-bond donors (Lipinski definition) is 0. The molecule has 4 nitrogen and oxygen atoms in total. The summed E-state index contributed by atoms with van der Waals surface area (Å²) in [5.74, 6) is 0.726. The molecule has 0 fully saturated rings. The minimum absolute atomic E-state index is 0. The summed E-state index contributed by atoms with van der Waals surface area (Å²) >= 11 is 0. The van der Waals surface area contributed by atoms with E-state index < -0.39 is 150 Å². The fraction of sp³-hybridized carbons (Fsp3) is 0.130. The Morgan fingerprint density at radius 2 is 1.12 bits per heavy atom. The van der Waals surface area contributed by atoms with Gasteiger partial charge in [0.05, 0.1) is 31.4 Å². The predicted molar refractivity (Wildman–Crippen MR) is 314 cm³/mol. The van der Waals surface area contributed by atoms with Crippen molar-refractivity contribution < 1.29 is 44.4 Å². The van der Waals surface area contributed by atoms with E-state index in [0.29, 0.717) is 17.1 Å². The van der Waals surface area contributed by atoms with Gasteiger partial charge in [-0.3, -0.25) is 0 Å². The maximum absolute atomic E-state index is 10.3. The molecule has 1 aliphatic rings. The molecule has 0 atom stereocenters. The summed E-state index contributed by atoms with van der Waals surface area (Å²) in [6.45, 7) is 16.9. The van der Waals surface area contributed by atoms with Gasteiger partial charge in [-0.1, -0.05) is 204 Å². The van der Waals surface area contributed by atoms with Crippen LogP contribution in [0.15, 0.2) is 224 Å². The molecule has 9 aromatic carbocycles. The van der Waals surface area contributed by atoms with Gasteiger partial charge in [0.25, 0.3) is 0 Å². The van der Waals surface area contributed by atoms with Crippen LogP contribution in [-0.2, 0) is 31.9 Å². The fourth-order valence-corrected chi connectivity index (χ4v) is 11.1. The first-order chi connectivity index (χ1) is 42.9. The first-order valence-corrected chi connectivity index (χ1v) is 27.9. The zero-order chi connectivity index (χ0) is 65.6. The topological polar surface area (TPSA) is 24.3 Å². The second-order valence-electron chi connectivity index (χ2n) is 20.5. The van der Waals surface area contributed by atoms with Gasteiger partial charge in [-0.15, -0.1) is 17.7 Å². The molecule has 1 aliphatic heterocycles. The van der Waals surface area contributed by atoms with Gasteiger partial charge in [0.2, 0.25) is 0 Å². The van der Waals surface area contributed by atoms with E-state index in [9.17, 15) is 8.22 Å². The number of aromatic nitrogens is 2. The molecule has 0 N–H and O–H groups in total. The van der Waals surface area contributed by atoms with Crippen molar-refractivity contribution in [3.8, 4) is 39.2 Å². The van der Waals surface area contributed by atoms with Crippen LogP contribution in [0.4, 0.5) is 22.7 Å². The molecule has 372 valence electrons. The van der Waals surface area contributed by atoms with E-state index in [1.807, 2.05) is 47.5 Å². The Labute approximate surface area is 482 Å². The summed E-state index contributed by atoms with van der Waals surface area (Å²) in [4.78, 5) is 8.29. The van der Waals surface area contributed by atoms with Gasteiger partial charge in [-0.2, -0.15) is 52.7 Å². The largest absolute Gasteiger partial charge is 0.493 e. The molecule has 0 saturated carbocycles. The van der Waals surface area contributed by atoms with Crippen LogP contribution >= 0.6 is 0 Å². The summed E-state index contributed by atoms with van der Waals surface area (Å²) in [6, 6.07) is 31.9. The van der Waals surface area contributed by atoms with Crippen molar-refractivity contribution in [1.82, 2.24) is 9.55 Å². The predicted octanol–water partition coefficient (Wildman–Crippen LogP) is 17.4. The Kier molecular flexibility index (Phi) is 8.73. The molecule has 0 amide bonds. The van der Waals surface area contributed by atoms with Crippen molar-refractivity contribution in [3.63, 3.8) is 0 Å². The van der Waals surface area contributed by atoms with E-state index >= 15 is 0 Å². The van der Waals surface area contributed by atoms with Gasteiger partial charge in [-0.05, 0) is 86.6 Å². The Bertz CT molecular complexity index is 4730. The average molecular weight is 1180 g/mol. The number of benzene rings is 9. The minimum atomic E-state index is -2.30. The Morgan fingerprint density at radius 3 is 1.76 bits per heavy atom. The van der Waals surface area contributed by atoms with Crippen LogP contribution in [0.5, 0.6) is 0 Å². The van der Waals surface area contributed by atoms with Gasteiger partial charge in [0.1, 0.15) is 5.82 Å². The molecule has 11 aromatic rings. The molecule has 0 unspecified atom stereocenters. The number of nitrogens with zero attached hydrogens (tertiary/aromatic N) is 4. The molecular weight excluding hydrogens is 1110 g/mol. The SMILES string of the molecule is [2H]c1c([2H])c([2H])c(-c2c([2H])c(-c3c([2H])c([2H])c([2H])c([2H])c3[2H])c(N3[CH-]N(c4[c-]c(C(C)(C)c5[c-]c6c(cc5)c5ccccc5n6-c5cc(C(C)(C)c6ccccc6)ccn5)cc([Si](C)(C)C)c4)c4ccccc43)c(-c3c([2H])c([2H])c([2H])c([2H])c3[2H])c2[2H])c([2H])c1[2H].[Pt]. The van der Waals surface area contributed by atoms with E-state index in [2.05, 4.69) is 119 Å². The average Bonchev–Trinajstić information content (AvgIpc) is 1.12. The maximum Gasteiger partial charge on any atom is 0.135 e. The third kappa shape index (κ3) is 8.96. The molecule has 2 aromatic heterocycles. The van der Waals surface area contributed by atoms with Crippen LogP contribution in [0.3, 0.4) is 0 Å². The van der Waals surface area contributed by atoms with Crippen LogP contribution < -0.4 is 15.0 Å². The van der Waals surface area contributed by atoms with Gasteiger partial charge >= 0.3 is 0 Å². The second kappa shape index (κ2) is 19.6. The Balaban J connectivity index is 0.00000867.